The van der Waals surface area contributed by atoms with Crippen LogP contribution in [0.1, 0.15) is 11.6 Å². The largest absolute Gasteiger partial charge is 0.480 e. The molecule has 2 atom stereocenters. The highest BCUT2D eigenvalue weighted by Gasteiger charge is 2.35. The van der Waals surface area contributed by atoms with Crippen molar-refractivity contribution in [2.45, 2.75) is 12.1 Å². The normalized spacial score (nSPS) is 14.2. The molecule has 6 heteroatoms. The van der Waals surface area contributed by atoms with Crippen LogP contribution in [0.15, 0.2) is 30.3 Å². The number of rotatable bonds is 4. The smallest absolute Gasteiger partial charge is 0.328 e. The van der Waals surface area contributed by atoms with Crippen LogP contribution in [-0.4, -0.2) is 22.0 Å². The minimum atomic E-state index is -1.54. The van der Waals surface area contributed by atoms with Crippen LogP contribution < -0.4 is 5.73 Å². The molecule has 0 heterocycles. The first-order chi connectivity index (χ1) is 7.04. The van der Waals surface area contributed by atoms with E-state index < -0.39 is 23.0 Å². The molecule has 1 unspecified atom stereocenters. The van der Waals surface area contributed by atoms with Crippen molar-refractivity contribution in [1.82, 2.24) is 0 Å². The van der Waals surface area contributed by atoms with E-state index in [-0.39, 0.29) is 5.56 Å². The number of nitro groups is 1. The van der Waals surface area contributed by atoms with Crippen molar-refractivity contribution < 1.29 is 14.8 Å². The van der Waals surface area contributed by atoms with Gasteiger partial charge in [-0.15, -0.1) is 0 Å². The summed E-state index contributed by atoms with van der Waals surface area (Å²) in [4.78, 5) is 20.6. The van der Waals surface area contributed by atoms with Gasteiger partial charge in [0.1, 0.15) is 0 Å². The molecule has 0 saturated carbocycles. The van der Waals surface area contributed by atoms with E-state index >= 15 is 0 Å². The molecule has 15 heavy (non-hydrogen) atoms. The molecule has 1 aromatic rings. The molecule has 1 rings (SSSR count). The number of carboxylic acid groups (broad SMARTS) is 1. The molecule has 0 aliphatic heterocycles. The van der Waals surface area contributed by atoms with Crippen molar-refractivity contribution in [3.8, 4) is 0 Å². The summed E-state index contributed by atoms with van der Waals surface area (Å²) in [5.41, 5.74) is 5.54. The molecule has 0 saturated heterocycles. The lowest BCUT2D eigenvalue weighted by Crippen LogP contribution is -2.40. The first kappa shape index (κ1) is 11.1. The van der Waals surface area contributed by atoms with Gasteiger partial charge < -0.3 is 10.8 Å². The lowest BCUT2D eigenvalue weighted by atomic mass is 10.0. The Bertz CT molecular complexity index is 366. The fraction of sp³-hybridized carbons (Fsp3) is 0.222. The highest BCUT2D eigenvalue weighted by atomic mass is 16.6. The summed E-state index contributed by atoms with van der Waals surface area (Å²) in [5, 5.41) is 19.3. The second kappa shape index (κ2) is 4.52. The van der Waals surface area contributed by atoms with Crippen molar-refractivity contribution >= 4 is 5.97 Å². The number of aliphatic carboxylic acids is 1. The van der Waals surface area contributed by atoms with Crippen LogP contribution >= 0.6 is 0 Å². The summed E-state index contributed by atoms with van der Waals surface area (Å²) < 4.78 is 0. The van der Waals surface area contributed by atoms with Crippen LogP contribution in [0.5, 0.6) is 0 Å². The third-order valence-corrected chi connectivity index (χ3v) is 1.99. The van der Waals surface area contributed by atoms with E-state index in [1.54, 1.807) is 18.2 Å². The Kier molecular flexibility index (Phi) is 3.35. The van der Waals surface area contributed by atoms with Crippen LogP contribution in [-0.2, 0) is 4.79 Å². The van der Waals surface area contributed by atoms with Crippen LogP contribution in [0.4, 0.5) is 0 Å². The predicted molar refractivity (Wildman–Crippen MR) is 51.8 cm³/mol. The van der Waals surface area contributed by atoms with E-state index in [4.69, 9.17) is 10.8 Å². The van der Waals surface area contributed by atoms with Crippen molar-refractivity contribution in [3.63, 3.8) is 0 Å². The van der Waals surface area contributed by atoms with Crippen LogP contribution in [0.3, 0.4) is 0 Å². The van der Waals surface area contributed by atoms with Gasteiger partial charge in [0.2, 0.25) is 0 Å². The molecule has 0 radical (unpaired) electrons. The Labute approximate surface area is 85.5 Å². The molecule has 0 aliphatic rings. The lowest BCUT2D eigenvalue weighted by Gasteiger charge is -2.13. The van der Waals surface area contributed by atoms with Gasteiger partial charge in [-0.25, -0.2) is 0 Å². The van der Waals surface area contributed by atoms with E-state index in [2.05, 4.69) is 0 Å². The number of nitrogens with zero attached hydrogens (tertiary/aromatic N) is 1. The lowest BCUT2D eigenvalue weighted by molar-refractivity contribution is -0.530. The third kappa shape index (κ3) is 2.50. The average molecular weight is 210 g/mol. The van der Waals surface area contributed by atoms with Crippen LogP contribution in [0, 0.1) is 10.1 Å². The van der Waals surface area contributed by atoms with E-state index in [9.17, 15) is 14.9 Å². The monoisotopic (exact) mass is 210 g/mol. The summed E-state index contributed by atoms with van der Waals surface area (Å²) in [7, 11) is 0. The van der Waals surface area contributed by atoms with E-state index in [0.717, 1.165) is 0 Å². The van der Waals surface area contributed by atoms with Gasteiger partial charge in [0.05, 0.1) is 0 Å². The zero-order valence-electron chi connectivity index (χ0n) is 7.74. The summed E-state index contributed by atoms with van der Waals surface area (Å²) in [6, 6.07) is 4.89. The maximum absolute atomic E-state index is 10.7. The summed E-state index contributed by atoms with van der Waals surface area (Å²) in [5.74, 6) is -1.39. The summed E-state index contributed by atoms with van der Waals surface area (Å²) in [6.45, 7) is 0. The SMILES string of the molecule is N[C@@H](C(=O)O)C(c1ccccc1)[N+](=O)[O-]. The van der Waals surface area contributed by atoms with Gasteiger partial charge in [-0.05, 0) is 0 Å². The van der Waals surface area contributed by atoms with Gasteiger partial charge >= 0.3 is 5.97 Å². The standard InChI is InChI=1S/C9H10N2O4/c10-7(9(12)13)8(11(14)15)6-4-2-1-3-5-6/h1-5,7-8H,10H2,(H,12,13)/t7-,8?/m1/s1. The van der Waals surface area contributed by atoms with Crippen LogP contribution in [0.2, 0.25) is 0 Å². The molecule has 0 fully saturated rings. The molecule has 80 valence electrons. The number of hydrogen-bond acceptors (Lipinski definition) is 4. The van der Waals surface area contributed by atoms with Gasteiger partial charge in [0.15, 0.2) is 6.04 Å². The Balaban J connectivity index is 3.04. The molecule has 3 N–H and O–H groups in total. The number of carbonyl (C=O) groups is 1. The van der Waals surface area contributed by atoms with Gasteiger partial charge in [-0.2, -0.15) is 0 Å². The highest BCUT2D eigenvalue weighted by Crippen LogP contribution is 2.19. The van der Waals surface area contributed by atoms with Gasteiger partial charge in [0, 0.05) is 10.5 Å². The zero-order chi connectivity index (χ0) is 11.4. The Morgan fingerprint density at radius 2 is 1.93 bits per heavy atom. The maximum Gasteiger partial charge on any atom is 0.328 e. The first-order valence-corrected chi connectivity index (χ1v) is 4.21. The Morgan fingerprint density at radius 1 is 1.40 bits per heavy atom. The van der Waals surface area contributed by atoms with Crippen molar-refractivity contribution in [2.75, 3.05) is 0 Å². The van der Waals surface area contributed by atoms with Crippen molar-refractivity contribution in [2.24, 2.45) is 5.73 Å². The summed E-state index contributed by atoms with van der Waals surface area (Å²) in [6.07, 6.45) is 0. The third-order valence-electron chi connectivity index (χ3n) is 1.99. The number of benzene rings is 1. The number of hydrogen-bond donors (Lipinski definition) is 2. The van der Waals surface area contributed by atoms with E-state index in [1.165, 1.54) is 12.1 Å². The molecular formula is C9H10N2O4. The topological polar surface area (TPSA) is 106 Å². The molecule has 0 amide bonds. The molecule has 0 spiro atoms. The van der Waals surface area contributed by atoms with Crippen molar-refractivity contribution in [1.29, 1.82) is 0 Å². The van der Waals surface area contributed by atoms with Gasteiger partial charge in [0.25, 0.3) is 6.04 Å². The molecule has 6 nitrogen and oxygen atoms in total. The molecule has 0 aromatic heterocycles. The quantitative estimate of drug-likeness (QED) is 0.553. The average Bonchev–Trinajstić information content (AvgIpc) is 2.18. The molecule has 1 aromatic carbocycles. The second-order valence-corrected chi connectivity index (χ2v) is 3.00. The van der Waals surface area contributed by atoms with E-state index in [0.29, 0.717) is 0 Å². The predicted octanol–water partition coefficient (Wildman–Crippen LogP) is 0.416. The van der Waals surface area contributed by atoms with Crippen LogP contribution in [0.25, 0.3) is 0 Å². The number of nitrogens with two attached hydrogens (primary N) is 1. The maximum atomic E-state index is 10.7. The summed E-state index contributed by atoms with van der Waals surface area (Å²) >= 11 is 0. The van der Waals surface area contributed by atoms with Gasteiger partial charge in [-0.3, -0.25) is 14.9 Å². The second-order valence-electron chi connectivity index (χ2n) is 3.00. The Morgan fingerprint density at radius 3 is 2.33 bits per heavy atom. The molecular weight excluding hydrogens is 200 g/mol. The fourth-order valence-corrected chi connectivity index (χ4v) is 1.25. The highest BCUT2D eigenvalue weighted by molar-refractivity contribution is 5.74. The van der Waals surface area contributed by atoms with Gasteiger partial charge in [-0.1, -0.05) is 30.3 Å². The first-order valence-electron chi connectivity index (χ1n) is 4.21. The number of carboxylic acids is 1. The Hall–Kier alpha value is -1.95. The molecule has 0 bridgehead atoms. The minimum Gasteiger partial charge on any atom is -0.480 e. The zero-order valence-corrected chi connectivity index (χ0v) is 7.74. The minimum absolute atomic E-state index is 0.289. The van der Waals surface area contributed by atoms with Crippen molar-refractivity contribution in [3.05, 3.63) is 46.0 Å². The fourth-order valence-electron chi connectivity index (χ4n) is 1.25. The van der Waals surface area contributed by atoms with E-state index in [1.807, 2.05) is 0 Å². The molecule has 0 aliphatic carbocycles.